The van der Waals surface area contributed by atoms with Gasteiger partial charge in [0.15, 0.2) is 11.5 Å². The van der Waals surface area contributed by atoms with Gasteiger partial charge in [0.25, 0.3) is 5.78 Å². The van der Waals surface area contributed by atoms with E-state index in [4.69, 9.17) is 14.6 Å². The summed E-state index contributed by atoms with van der Waals surface area (Å²) in [5, 5.41) is 8.46. The summed E-state index contributed by atoms with van der Waals surface area (Å²) in [6.45, 7) is 3.80. The molecule has 0 aliphatic carbocycles. The number of rotatable bonds is 6. The van der Waals surface area contributed by atoms with Crippen molar-refractivity contribution in [3.8, 4) is 11.5 Å². The fraction of sp³-hybridized carbons (Fsp3) is 0.286. The van der Waals surface area contributed by atoms with Crippen LogP contribution in [0.4, 0.5) is 0 Å². The van der Waals surface area contributed by atoms with Gasteiger partial charge in [-0.25, -0.2) is 4.79 Å². The predicted octanol–water partition coefficient (Wildman–Crippen LogP) is 2.15. The maximum atomic E-state index is 10.9. The van der Waals surface area contributed by atoms with Crippen LogP contribution in [-0.2, 0) is 9.59 Å². The molecule has 0 heterocycles. The summed E-state index contributed by atoms with van der Waals surface area (Å²) in [7, 11) is 1.51. The van der Waals surface area contributed by atoms with Gasteiger partial charge >= 0.3 is 5.97 Å². The minimum Gasteiger partial charge on any atom is -0.493 e. The van der Waals surface area contributed by atoms with Crippen molar-refractivity contribution >= 4 is 17.8 Å². The molecule has 0 radical (unpaired) electrons. The number of carboxylic acid groups (broad SMARTS) is 1. The van der Waals surface area contributed by atoms with Crippen LogP contribution < -0.4 is 9.47 Å². The molecular formula is C14H16O5. The summed E-state index contributed by atoms with van der Waals surface area (Å²) in [4.78, 5) is 21.3. The van der Waals surface area contributed by atoms with Gasteiger partial charge < -0.3 is 14.6 Å². The number of methoxy groups -OCH3 is 1. The Labute approximate surface area is 111 Å². The Morgan fingerprint density at radius 2 is 1.95 bits per heavy atom. The highest BCUT2D eigenvalue weighted by molar-refractivity contribution is 6.38. The lowest BCUT2D eigenvalue weighted by atomic mass is 10.1. The highest BCUT2D eigenvalue weighted by Gasteiger charge is 2.08. The highest BCUT2D eigenvalue weighted by Crippen LogP contribution is 2.29. The Morgan fingerprint density at radius 1 is 1.26 bits per heavy atom. The lowest BCUT2D eigenvalue weighted by Gasteiger charge is -2.13. The Kier molecular flexibility index (Phi) is 5.11. The summed E-state index contributed by atoms with van der Waals surface area (Å²) in [5.74, 6) is -1.33. The van der Waals surface area contributed by atoms with Gasteiger partial charge in [-0.15, -0.1) is 0 Å². The first-order chi connectivity index (χ1) is 8.93. The Bertz CT molecular complexity index is 503. The van der Waals surface area contributed by atoms with Gasteiger partial charge in [0.2, 0.25) is 0 Å². The van der Waals surface area contributed by atoms with Crippen LogP contribution in [0.5, 0.6) is 11.5 Å². The summed E-state index contributed by atoms with van der Waals surface area (Å²) in [6, 6.07) is 5.10. The topological polar surface area (TPSA) is 72.8 Å². The van der Waals surface area contributed by atoms with Gasteiger partial charge in [-0.3, -0.25) is 4.79 Å². The zero-order valence-electron chi connectivity index (χ0n) is 11.0. The molecule has 0 spiro atoms. The molecule has 0 aliphatic heterocycles. The minimum absolute atomic E-state index is 0.0175. The third-order valence-electron chi connectivity index (χ3n) is 2.19. The minimum atomic E-state index is -1.48. The largest absolute Gasteiger partial charge is 0.493 e. The molecule has 0 amide bonds. The van der Waals surface area contributed by atoms with E-state index in [1.54, 1.807) is 18.2 Å². The Balaban J connectivity index is 2.94. The van der Waals surface area contributed by atoms with E-state index in [9.17, 15) is 9.59 Å². The van der Waals surface area contributed by atoms with Crippen LogP contribution in [0.1, 0.15) is 19.4 Å². The van der Waals surface area contributed by atoms with Gasteiger partial charge in [-0.1, -0.05) is 12.1 Å². The molecule has 0 bridgehead atoms. The Hall–Kier alpha value is -2.30. The average molecular weight is 264 g/mol. The summed E-state index contributed by atoms with van der Waals surface area (Å²) >= 11 is 0. The van der Waals surface area contributed by atoms with Crippen LogP contribution >= 0.6 is 0 Å². The maximum Gasteiger partial charge on any atom is 0.376 e. The van der Waals surface area contributed by atoms with Crippen molar-refractivity contribution in [3.05, 3.63) is 29.8 Å². The van der Waals surface area contributed by atoms with Crippen LogP contribution in [0.3, 0.4) is 0 Å². The second-order valence-corrected chi connectivity index (χ2v) is 4.08. The van der Waals surface area contributed by atoms with E-state index < -0.39 is 11.8 Å². The summed E-state index contributed by atoms with van der Waals surface area (Å²) in [5.41, 5.74) is 0.655. The van der Waals surface area contributed by atoms with Gasteiger partial charge in [-0.05, 0) is 37.6 Å². The van der Waals surface area contributed by atoms with Gasteiger partial charge in [0.05, 0.1) is 13.2 Å². The average Bonchev–Trinajstić information content (AvgIpc) is 2.36. The van der Waals surface area contributed by atoms with Crippen LogP contribution in [0.25, 0.3) is 6.08 Å². The third-order valence-corrected chi connectivity index (χ3v) is 2.19. The molecule has 1 aromatic carbocycles. The number of carboxylic acids is 1. The van der Waals surface area contributed by atoms with Crippen LogP contribution in [0.2, 0.25) is 0 Å². The van der Waals surface area contributed by atoms with Crippen molar-refractivity contribution in [3.63, 3.8) is 0 Å². The van der Waals surface area contributed by atoms with Crippen LogP contribution in [0, 0.1) is 0 Å². The molecule has 19 heavy (non-hydrogen) atoms. The number of ether oxygens (including phenoxy) is 2. The van der Waals surface area contributed by atoms with E-state index >= 15 is 0 Å². The van der Waals surface area contributed by atoms with E-state index in [1.807, 2.05) is 13.8 Å². The van der Waals surface area contributed by atoms with E-state index in [2.05, 4.69) is 0 Å². The normalized spacial score (nSPS) is 10.7. The molecule has 1 rings (SSSR count). The number of ketones is 1. The molecule has 5 heteroatoms. The van der Waals surface area contributed by atoms with Crippen molar-refractivity contribution in [1.29, 1.82) is 0 Å². The van der Waals surface area contributed by atoms with Gasteiger partial charge in [0.1, 0.15) is 0 Å². The number of aliphatic carboxylic acids is 1. The van der Waals surface area contributed by atoms with E-state index in [1.165, 1.54) is 13.2 Å². The fourth-order valence-electron chi connectivity index (χ4n) is 1.38. The summed E-state index contributed by atoms with van der Waals surface area (Å²) in [6.07, 6.45) is 2.43. The number of hydrogen-bond acceptors (Lipinski definition) is 4. The van der Waals surface area contributed by atoms with Gasteiger partial charge in [0, 0.05) is 0 Å². The Morgan fingerprint density at radius 3 is 2.47 bits per heavy atom. The molecule has 5 nitrogen and oxygen atoms in total. The second-order valence-electron chi connectivity index (χ2n) is 4.08. The summed E-state index contributed by atoms with van der Waals surface area (Å²) < 4.78 is 10.7. The number of benzene rings is 1. The third kappa shape index (κ3) is 4.46. The number of carbonyl (C=O) groups excluding carboxylic acids is 1. The number of hydrogen-bond donors (Lipinski definition) is 1. The first-order valence-corrected chi connectivity index (χ1v) is 5.74. The monoisotopic (exact) mass is 264 g/mol. The quantitative estimate of drug-likeness (QED) is 0.629. The zero-order valence-corrected chi connectivity index (χ0v) is 11.0. The maximum absolute atomic E-state index is 10.9. The van der Waals surface area contributed by atoms with E-state index in [0.29, 0.717) is 17.1 Å². The smallest absolute Gasteiger partial charge is 0.376 e. The standard InChI is InChI=1S/C14H16O5/c1-9(2)19-12-7-5-10(8-13(12)18-3)4-6-11(15)14(16)17/h4-9H,1-3H3,(H,16,17)/b6-4+. The van der Waals surface area contributed by atoms with Crippen LogP contribution in [-0.4, -0.2) is 30.1 Å². The lowest BCUT2D eigenvalue weighted by Crippen LogP contribution is -2.08. The molecule has 0 atom stereocenters. The van der Waals surface area contributed by atoms with Crippen molar-refractivity contribution in [2.75, 3.05) is 7.11 Å². The fourth-order valence-corrected chi connectivity index (χ4v) is 1.38. The van der Waals surface area contributed by atoms with Crippen molar-refractivity contribution < 1.29 is 24.2 Å². The SMILES string of the molecule is COc1cc(/C=C/C(=O)C(=O)O)ccc1OC(C)C. The number of carbonyl (C=O) groups is 2. The second kappa shape index (κ2) is 6.58. The van der Waals surface area contributed by atoms with Crippen molar-refractivity contribution in [2.24, 2.45) is 0 Å². The van der Waals surface area contributed by atoms with Crippen molar-refractivity contribution in [2.45, 2.75) is 20.0 Å². The first-order valence-electron chi connectivity index (χ1n) is 5.74. The molecule has 0 unspecified atom stereocenters. The molecule has 0 saturated heterocycles. The van der Waals surface area contributed by atoms with Gasteiger partial charge in [-0.2, -0.15) is 0 Å². The molecule has 0 aromatic heterocycles. The molecule has 0 saturated carbocycles. The molecule has 0 fully saturated rings. The predicted molar refractivity (Wildman–Crippen MR) is 70.4 cm³/mol. The molecule has 0 aliphatic rings. The molecule has 1 aromatic rings. The molecule has 102 valence electrons. The first kappa shape index (κ1) is 14.8. The van der Waals surface area contributed by atoms with Crippen molar-refractivity contribution in [1.82, 2.24) is 0 Å². The van der Waals surface area contributed by atoms with E-state index in [0.717, 1.165) is 6.08 Å². The van der Waals surface area contributed by atoms with Crippen LogP contribution in [0.15, 0.2) is 24.3 Å². The van der Waals surface area contributed by atoms with E-state index in [-0.39, 0.29) is 6.10 Å². The molecular weight excluding hydrogens is 248 g/mol. The lowest BCUT2D eigenvalue weighted by molar-refractivity contribution is -0.146. The molecule has 1 N–H and O–H groups in total. The highest BCUT2D eigenvalue weighted by atomic mass is 16.5. The zero-order chi connectivity index (χ0) is 14.4.